The van der Waals surface area contributed by atoms with E-state index in [4.69, 9.17) is 0 Å². The van der Waals surface area contributed by atoms with Gasteiger partial charge in [-0.25, -0.2) is 0 Å². The molecule has 0 saturated heterocycles. The van der Waals surface area contributed by atoms with Crippen molar-refractivity contribution < 1.29 is 18.0 Å². The van der Waals surface area contributed by atoms with Crippen LogP contribution in [0.5, 0.6) is 0 Å². The summed E-state index contributed by atoms with van der Waals surface area (Å²) in [5.74, 6) is 0.470. The zero-order chi connectivity index (χ0) is 22.5. The van der Waals surface area contributed by atoms with E-state index in [1.54, 1.807) is 26.2 Å². The van der Waals surface area contributed by atoms with Crippen molar-refractivity contribution in [3.8, 4) is 0 Å². The number of guanidine groups is 1. The molecule has 1 aliphatic rings. The van der Waals surface area contributed by atoms with Gasteiger partial charge in [0.05, 0.1) is 5.56 Å². The highest BCUT2D eigenvalue weighted by Gasteiger charge is 2.45. The lowest BCUT2D eigenvalue weighted by molar-refractivity contribution is -0.137. The molecular formula is C23H27F3N4O. The van der Waals surface area contributed by atoms with Crippen LogP contribution in [0, 0.1) is 0 Å². The molecule has 5 nitrogen and oxygen atoms in total. The number of carbonyl (C=O) groups is 1. The van der Waals surface area contributed by atoms with Gasteiger partial charge in [-0.15, -0.1) is 0 Å². The van der Waals surface area contributed by atoms with E-state index in [-0.39, 0.29) is 11.3 Å². The van der Waals surface area contributed by atoms with Crippen molar-refractivity contribution in [2.75, 3.05) is 27.2 Å². The zero-order valence-electron chi connectivity index (χ0n) is 17.6. The third-order valence-corrected chi connectivity index (χ3v) is 5.60. The average molecular weight is 432 g/mol. The minimum Gasteiger partial charge on any atom is -0.356 e. The number of alkyl halides is 3. The van der Waals surface area contributed by atoms with Gasteiger partial charge in [-0.1, -0.05) is 30.3 Å². The third kappa shape index (κ3) is 5.77. The fraction of sp³-hybridized carbons (Fsp3) is 0.391. The highest BCUT2D eigenvalue weighted by Crippen LogP contribution is 2.48. The Morgan fingerprint density at radius 2 is 1.84 bits per heavy atom. The Morgan fingerprint density at radius 3 is 2.48 bits per heavy atom. The standard InChI is InChI=1S/C23H27F3N4O/c1-27-20(31)17-6-3-5-16(13-17)9-12-29-21(28-2)30-15-22(10-11-22)18-7-4-8-19(14-18)23(24,25)26/h3-8,13-14H,9-12,15H2,1-2H3,(H,27,31)(H2,28,29,30). The van der Waals surface area contributed by atoms with Gasteiger partial charge in [0, 0.05) is 38.2 Å². The van der Waals surface area contributed by atoms with Crippen molar-refractivity contribution in [1.29, 1.82) is 0 Å². The van der Waals surface area contributed by atoms with E-state index in [0.717, 1.165) is 24.5 Å². The Labute approximate surface area is 180 Å². The summed E-state index contributed by atoms with van der Waals surface area (Å²) in [6.45, 7) is 1.12. The van der Waals surface area contributed by atoms with Crippen LogP contribution in [0.25, 0.3) is 0 Å². The van der Waals surface area contributed by atoms with Crippen LogP contribution in [0.15, 0.2) is 53.5 Å². The second kappa shape index (κ2) is 9.41. The second-order valence-electron chi connectivity index (χ2n) is 7.74. The van der Waals surface area contributed by atoms with Crippen molar-refractivity contribution in [2.45, 2.75) is 30.9 Å². The molecule has 1 aliphatic carbocycles. The fourth-order valence-electron chi connectivity index (χ4n) is 3.55. The Bertz CT molecular complexity index is 952. The first-order valence-corrected chi connectivity index (χ1v) is 10.2. The van der Waals surface area contributed by atoms with Gasteiger partial charge in [-0.3, -0.25) is 9.79 Å². The molecular weight excluding hydrogens is 405 g/mol. The van der Waals surface area contributed by atoms with Crippen LogP contribution < -0.4 is 16.0 Å². The number of hydrogen-bond donors (Lipinski definition) is 3. The molecule has 0 unspecified atom stereocenters. The van der Waals surface area contributed by atoms with E-state index in [2.05, 4.69) is 20.9 Å². The number of hydrogen-bond acceptors (Lipinski definition) is 2. The molecule has 166 valence electrons. The van der Waals surface area contributed by atoms with E-state index in [0.29, 0.717) is 36.6 Å². The Morgan fingerprint density at radius 1 is 1.10 bits per heavy atom. The van der Waals surface area contributed by atoms with E-state index in [1.165, 1.54) is 12.1 Å². The zero-order valence-corrected chi connectivity index (χ0v) is 17.6. The largest absolute Gasteiger partial charge is 0.416 e. The molecule has 0 atom stereocenters. The molecule has 2 aromatic carbocycles. The Hall–Kier alpha value is -3.03. The van der Waals surface area contributed by atoms with Gasteiger partial charge >= 0.3 is 6.18 Å². The third-order valence-electron chi connectivity index (χ3n) is 5.60. The molecule has 0 radical (unpaired) electrons. The highest BCUT2D eigenvalue weighted by atomic mass is 19.4. The predicted octanol–water partition coefficient (Wildman–Crippen LogP) is 3.50. The summed E-state index contributed by atoms with van der Waals surface area (Å²) in [6.07, 6.45) is -1.97. The number of amides is 1. The van der Waals surface area contributed by atoms with Crippen LogP contribution in [0.4, 0.5) is 13.2 Å². The number of carbonyl (C=O) groups excluding carboxylic acids is 1. The van der Waals surface area contributed by atoms with Gasteiger partial charge in [0.15, 0.2) is 5.96 Å². The van der Waals surface area contributed by atoms with Crippen molar-refractivity contribution in [2.24, 2.45) is 4.99 Å². The number of nitrogens with zero attached hydrogens (tertiary/aromatic N) is 1. The first-order chi connectivity index (χ1) is 14.8. The quantitative estimate of drug-likeness (QED) is 0.464. The first kappa shape index (κ1) is 22.7. The van der Waals surface area contributed by atoms with Crippen LogP contribution in [-0.2, 0) is 18.0 Å². The van der Waals surface area contributed by atoms with Crippen LogP contribution in [0.1, 0.15) is 39.9 Å². The number of halogens is 3. The van der Waals surface area contributed by atoms with E-state index in [1.807, 2.05) is 18.2 Å². The van der Waals surface area contributed by atoms with E-state index >= 15 is 0 Å². The van der Waals surface area contributed by atoms with Crippen molar-refractivity contribution >= 4 is 11.9 Å². The topological polar surface area (TPSA) is 65.5 Å². The monoisotopic (exact) mass is 432 g/mol. The minimum absolute atomic E-state index is 0.128. The summed E-state index contributed by atoms with van der Waals surface area (Å²) < 4.78 is 39.1. The van der Waals surface area contributed by atoms with Gasteiger partial charge in [0.2, 0.25) is 0 Å². The summed E-state index contributed by atoms with van der Waals surface area (Å²) in [4.78, 5) is 16.0. The van der Waals surface area contributed by atoms with Gasteiger partial charge in [-0.2, -0.15) is 13.2 Å². The molecule has 0 aliphatic heterocycles. The highest BCUT2D eigenvalue weighted by molar-refractivity contribution is 5.94. The molecule has 31 heavy (non-hydrogen) atoms. The molecule has 3 N–H and O–H groups in total. The lowest BCUT2D eigenvalue weighted by Crippen LogP contribution is -2.42. The molecule has 1 fully saturated rings. The van der Waals surface area contributed by atoms with Crippen molar-refractivity contribution in [3.63, 3.8) is 0 Å². The van der Waals surface area contributed by atoms with E-state index in [9.17, 15) is 18.0 Å². The molecule has 2 aromatic rings. The van der Waals surface area contributed by atoms with Gasteiger partial charge in [0.1, 0.15) is 0 Å². The van der Waals surface area contributed by atoms with Crippen LogP contribution in [0.3, 0.4) is 0 Å². The summed E-state index contributed by atoms with van der Waals surface area (Å²) in [5.41, 5.74) is 1.43. The summed E-state index contributed by atoms with van der Waals surface area (Å²) >= 11 is 0. The van der Waals surface area contributed by atoms with Crippen molar-refractivity contribution in [3.05, 3.63) is 70.8 Å². The number of rotatable bonds is 7. The van der Waals surface area contributed by atoms with Crippen molar-refractivity contribution in [1.82, 2.24) is 16.0 Å². The maximum Gasteiger partial charge on any atom is 0.416 e. The number of benzene rings is 2. The van der Waals surface area contributed by atoms with Crippen LogP contribution >= 0.6 is 0 Å². The molecule has 1 saturated carbocycles. The second-order valence-corrected chi connectivity index (χ2v) is 7.74. The molecule has 0 bridgehead atoms. The summed E-state index contributed by atoms with van der Waals surface area (Å²) in [6, 6.07) is 13.0. The molecule has 0 heterocycles. The molecule has 0 aromatic heterocycles. The predicted molar refractivity (Wildman–Crippen MR) is 115 cm³/mol. The molecule has 0 spiro atoms. The maximum absolute atomic E-state index is 13.0. The molecule has 3 rings (SSSR count). The number of nitrogens with one attached hydrogen (secondary N) is 3. The smallest absolute Gasteiger partial charge is 0.356 e. The van der Waals surface area contributed by atoms with E-state index < -0.39 is 11.7 Å². The maximum atomic E-state index is 13.0. The van der Waals surface area contributed by atoms with Gasteiger partial charge in [0.25, 0.3) is 5.91 Å². The van der Waals surface area contributed by atoms with Gasteiger partial charge < -0.3 is 16.0 Å². The lowest BCUT2D eigenvalue weighted by atomic mass is 9.94. The normalized spacial score (nSPS) is 15.3. The minimum atomic E-state index is -4.34. The lowest BCUT2D eigenvalue weighted by Gasteiger charge is -2.20. The Kier molecular flexibility index (Phi) is 6.87. The van der Waals surface area contributed by atoms with Gasteiger partial charge in [-0.05, 0) is 48.6 Å². The van der Waals surface area contributed by atoms with Crippen LogP contribution in [0.2, 0.25) is 0 Å². The Balaban J connectivity index is 1.54. The summed E-state index contributed by atoms with van der Waals surface area (Å²) in [7, 11) is 3.25. The fourth-order valence-corrected chi connectivity index (χ4v) is 3.55. The molecule has 1 amide bonds. The first-order valence-electron chi connectivity index (χ1n) is 10.2. The summed E-state index contributed by atoms with van der Waals surface area (Å²) in [5, 5.41) is 9.08. The number of aliphatic imine (C=N–C) groups is 1. The SMILES string of the molecule is CN=C(NCCc1cccc(C(=O)NC)c1)NCC1(c2cccc(C(F)(F)F)c2)CC1. The average Bonchev–Trinajstić information content (AvgIpc) is 3.56. The molecule has 8 heteroatoms. The van der Waals surface area contributed by atoms with Crippen LogP contribution in [-0.4, -0.2) is 39.1 Å².